The number of hydrogen-bond acceptors (Lipinski definition) is 1. The number of hydrogen-bond donors (Lipinski definition) is 0. The minimum atomic E-state index is 0.0156. The zero-order valence-electron chi connectivity index (χ0n) is 16.8. The molecule has 3 rings (SSSR count). The average molecular weight is 367 g/mol. The molecule has 0 N–H and O–H groups in total. The predicted octanol–water partition coefficient (Wildman–Crippen LogP) is 5.72. The molecule has 1 aliphatic carbocycles. The van der Waals surface area contributed by atoms with E-state index in [0.29, 0.717) is 0 Å². The van der Waals surface area contributed by atoms with Crippen LogP contribution in [0.1, 0.15) is 63.1 Å². The van der Waals surface area contributed by atoms with Crippen molar-refractivity contribution < 1.29 is 4.74 Å². The molecule has 2 heteroatoms. The van der Waals surface area contributed by atoms with Crippen LogP contribution in [0.2, 0.25) is 6.04 Å². The van der Waals surface area contributed by atoms with E-state index in [9.17, 15) is 0 Å². The average Bonchev–Trinajstić information content (AvgIpc) is 2.99. The van der Waals surface area contributed by atoms with Crippen molar-refractivity contribution in [2.45, 2.75) is 70.6 Å². The van der Waals surface area contributed by atoms with E-state index in [0.717, 1.165) is 13.0 Å². The fourth-order valence-corrected chi connectivity index (χ4v) is 5.77. The molecule has 0 saturated carbocycles. The highest BCUT2D eigenvalue weighted by Crippen LogP contribution is 2.38. The van der Waals surface area contributed by atoms with Crippen molar-refractivity contribution in [2.24, 2.45) is 0 Å². The number of rotatable bonds is 9. The van der Waals surface area contributed by atoms with Gasteiger partial charge < -0.3 is 4.74 Å². The molecule has 0 bridgehead atoms. The fourth-order valence-electron chi connectivity index (χ4n) is 3.96. The van der Waals surface area contributed by atoms with E-state index >= 15 is 0 Å². The van der Waals surface area contributed by atoms with Crippen molar-refractivity contribution in [2.75, 3.05) is 6.61 Å². The van der Waals surface area contributed by atoms with Crippen molar-refractivity contribution in [3.63, 3.8) is 0 Å². The van der Waals surface area contributed by atoms with Gasteiger partial charge in [-0.25, -0.2) is 0 Å². The SMILES string of the molecule is CC(C)(C)OCCCCCC[SiH2]Cc1cccc2c1Cc1ccccc1-2. The first-order valence-corrected chi connectivity index (χ1v) is 12.4. The molecule has 1 aliphatic rings. The summed E-state index contributed by atoms with van der Waals surface area (Å²) in [5.41, 5.74) is 7.72. The molecule has 0 saturated heterocycles. The third kappa shape index (κ3) is 5.31. The maximum atomic E-state index is 5.79. The highest BCUT2D eigenvalue weighted by atomic mass is 28.2. The first-order chi connectivity index (χ1) is 12.5. The summed E-state index contributed by atoms with van der Waals surface area (Å²) < 4.78 is 5.79. The Morgan fingerprint density at radius 2 is 1.65 bits per heavy atom. The van der Waals surface area contributed by atoms with E-state index < -0.39 is 0 Å². The molecule has 0 heterocycles. The van der Waals surface area contributed by atoms with Crippen molar-refractivity contribution in [3.8, 4) is 11.1 Å². The molecule has 140 valence electrons. The van der Waals surface area contributed by atoms with Crippen LogP contribution in [0.15, 0.2) is 42.5 Å². The lowest BCUT2D eigenvalue weighted by Crippen LogP contribution is -2.19. The molecule has 2 aromatic carbocycles. The molecule has 0 aliphatic heterocycles. The van der Waals surface area contributed by atoms with Gasteiger partial charge in [-0.2, -0.15) is 0 Å². The molecule has 0 spiro atoms. The number of ether oxygens (including phenoxy) is 1. The predicted molar refractivity (Wildman–Crippen MR) is 116 cm³/mol. The summed E-state index contributed by atoms with van der Waals surface area (Å²) in [6, 6.07) is 18.7. The molecule has 0 amide bonds. The molecular formula is C24H34OSi. The van der Waals surface area contributed by atoms with Crippen LogP contribution in [0, 0.1) is 0 Å². The summed E-state index contributed by atoms with van der Waals surface area (Å²) in [7, 11) is 0.0156. The summed E-state index contributed by atoms with van der Waals surface area (Å²) in [6.45, 7) is 7.32. The highest BCUT2D eigenvalue weighted by Gasteiger charge is 2.19. The monoisotopic (exact) mass is 366 g/mol. The topological polar surface area (TPSA) is 9.23 Å². The van der Waals surface area contributed by atoms with E-state index in [1.165, 1.54) is 54.5 Å². The minimum Gasteiger partial charge on any atom is -0.376 e. The smallest absolute Gasteiger partial charge is 0.0598 e. The van der Waals surface area contributed by atoms with Gasteiger partial charge in [0.25, 0.3) is 0 Å². The van der Waals surface area contributed by atoms with Gasteiger partial charge in [-0.05, 0) is 67.5 Å². The lowest BCUT2D eigenvalue weighted by atomic mass is 10.0. The van der Waals surface area contributed by atoms with Gasteiger partial charge in [0.1, 0.15) is 0 Å². The molecule has 0 aromatic heterocycles. The van der Waals surface area contributed by atoms with Gasteiger partial charge in [-0.1, -0.05) is 67.8 Å². The zero-order chi connectivity index (χ0) is 18.4. The zero-order valence-corrected chi connectivity index (χ0v) is 18.2. The van der Waals surface area contributed by atoms with E-state index in [2.05, 4.69) is 63.2 Å². The molecule has 2 aromatic rings. The standard InChI is InChI=1S/C24H34OSi/c1-24(2,3)25-15-8-4-5-9-16-26-18-20-12-10-14-22-21-13-7-6-11-19(21)17-23(20)22/h6-7,10-14H,4-5,8-9,15-18,26H2,1-3H3. The van der Waals surface area contributed by atoms with Crippen molar-refractivity contribution >= 4 is 9.52 Å². The summed E-state index contributed by atoms with van der Waals surface area (Å²) in [5.74, 6) is 0. The number of fused-ring (bicyclic) bond motifs is 3. The summed E-state index contributed by atoms with van der Waals surface area (Å²) in [4.78, 5) is 0. The summed E-state index contributed by atoms with van der Waals surface area (Å²) in [5, 5.41) is 0. The normalized spacial score (nSPS) is 13.3. The van der Waals surface area contributed by atoms with E-state index in [-0.39, 0.29) is 15.1 Å². The minimum absolute atomic E-state index is 0.0156. The first kappa shape index (κ1) is 19.4. The highest BCUT2D eigenvalue weighted by molar-refractivity contribution is 6.35. The van der Waals surface area contributed by atoms with Gasteiger partial charge in [0.15, 0.2) is 0 Å². The molecule has 0 radical (unpaired) electrons. The maximum absolute atomic E-state index is 5.79. The van der Waals surface area contributed by atoms with Crippen LogP contribution in [-0.4, -0.2) is 21.7 Å². The first-order valence-electron chi connectivity index (χ1n) is 10.4. The van der Waals surface area contributed by atoms with Crippen LogP contribution < -0.4 is 0 Å². The molecule has 26 heavy (non-hydrogen) atoms. The van der Waals surface area contributed by atoms with Crippen LogP contribution in [0.4, 0.5) is 0 Å². The van der Waals surface area contributed by atoms with Crippen molar-refractivity contribution in [1.29, 1.82) is 0 Å². The Kier molecular flexibility index (Phi) is 6.72. The molecule has 0 fully saturated rings. The van der Waals surface area contributed by atoms with Crippen LogP contribution in [0.3, 0.4) is 0 Å². The molecule has 0 unspecified atom stereocenters. The Morgan fingerprint density at radius 1 is 0.885 bits per heavy atom. The fraction of sp³-hybridized carbons (Fsp3) is 0.500. The van der Waals surface area contributed by atoms with E-state index in [1.807, 2.05) is 0 Å². The van der Waals surface area contributed by atoms with Crippen LogP contribution >= 0.6 is 0 Å². The van der Waals surface area contributed by atoms with Crippen LogP contribution in [-0.2, 0) is 17.2 Å². The van der Waals surface area contributed by atoms with Gasteiger partial charge in [0.2, 0.25) is 0 Å². The van der Waals surface area contributed by atoms with Gasteiger partial charge in [-0.3, -0.25) is 0 Å². The molecule has 0 atom stereocenters. The van der Waals surface area contributed by atoms with E-state index in [1.54, 1.807) is 11.1 Å². The largest absolute Gasteiger partial charge is 0.376 e. The van der Waals surface area contributed by atoms with Gasteiger partial charge in [0.05, 0.1) is 5.60 Å². The van der Waals surface area contributed by atoms with Crippen molar-refractivity contribution in [3.05, 3.63) is 59.2 Å². The van der Waals surface area contributed by atoms with Gasteiger partial charge in [-0.15, -0.1) is 0 Å². The Labute approximate surface area is 162 Å². The Morgan fingerprint density at radius 3 is 2.50 bits per heavy atom. The van der Waals surface area contributed by atoms with Crippen molar-refractivity contribution in [1.82, 2.24) is 0 Å². The Bertz CT molecular complexity index is 714. The van der Waals surface area contributed by atoms with Gasteiger partial charge >= 0.3 is 0 Å². The second-order valence-corrected chi connectivity index (χ2v) is 10.5. The quantitative estimate of drug-likeness (QED) is 0.347. The second kappa shape index (κ2) is 9.01. The van der Waals surface area contributed by atoms with Gasteiger partial charge in [0, 0.05) is 16.1 Å². The van der Waals surface area contributed by atoms with E-state index in [4.69, 9.17) is 4.74 Å². The maximum Gasteiger partial charge on any atom is 0.0598 e. The van der Waals surface area contributed by atoms with Crippen LogP contribution in [0.5, 0.6) is 0 Å². The second-order valence-electron chi connectivity index (χ2n) is 8.61. The third-order valence-corrected chi connectivity index (χ3v) is 7.22. The number of benzene rings is 2. The number of unbranched alkanes of at least 4 members (excludes halogenated alkanes) is 3. The summed E-state index contributed by atoms with van der Waals surface area (Å²) >= 11 is 0. The lowest BCUT2D eigenvalue weighted by molar-refractivity contribution is -0.00471. The Hall–Kier alpha value is -1.38. The van der Waals surface area contributed by atoms with Crippen LogP contribution in [0.25, 0.3) is 11.1 Å². The molecule has 1 nitrogen and oxygen atoms in total. The molecular weight excluding hydrogens is 332 g/mol. The lowest BCUT2D eigenvalue weighted by Gasteiger charge is -2.19. The summed E-state index contributed by atoms with van der Waals surface area (Å²) in [6.07, 6.45) is 6.46. The Balaban J connectivity index is 1.37. The third-order valence-electron chi connectivity index (χ3n) is 5.32.